The Labute approximate surface area is 192 Å². The zero-order chi connectivity index (χ0) is 23.1. The minimum atomic E-state index is -4.46. The molecule has 11 heteroatoms. The molecule has 1 saturated heterocycles. The van der Waals surface area contributed by atoms with Crippen molar-refractivity contribution in [2.75, 3.05) is 19.7 Å². The first-order valence-corrected chi connectivity index (χ1v) is 11.7. The van der Waals surface area contributed by atoms with Gasteiger partial charge in [0.25, 0.3) is 0 Å². The van der Waals surface area contributed by atoms with E-state index < -0.39 is 23.3 Å². The molecule has 2 aliphatic heterocycles. The molecule has 2 aliphatic rings. The third kappa shape index (κ3) is 4.42. The third-order valence-corrected chi connectivity index (χ3v) is 7.88. The minimum absolute atomic E-state index is 0.0307. The third-order valence-electron chi connectivity index (χ3n) is 6.37. The monoisotopic (exact) mass is 479 g/mol. The van der Waals surface area contributed by atoms with Crippen LogP contribution in [0.2, 0.25) is 0 Å². The van der Waals surface area contributed by atoms with Gasteiger partial charge in [0.1, 0.15) is 10.5 Å². The van der Waals surface area contributed by atoms with E-state index in [9.17, 15) is 18.3 Å². The van der Waals surface area contributed by atoms with Crippen molar-refractivity contribution in [3.05, 3.63) is 63.1 Å². The number of rotatable bonds is 5. The molecule has 5 rings (SSSR count). The van der Waals surface area contributed by atoms with Crippen LogP contribution in [0.5, 0.6) is 0 Å². The molecule has 176 valence electrons. The van der Waals surface area contributed by atoms with E-state index in [2.05, 4.69) is 20.0 Å². The van der Waals surface area contributed by atoms with E-state index in [1.165, 1.54) is 0 Å². The highest BCUT2D eigenvalue weighted by atomic mass is 32.1. The Hall–Kier alpha value is -2.34. The van der Waals surface area contributed by atoms with Gasteiger partial charge in [0.05, 0.1) is 37.8 Å². The second kappa shape index (κ2) is 8.79. The molecule has 0 unspecified atom stereocenters. The van der Waals surface area contributed by atoms with Crippen molar-refractivity contribution < 1.29 is 23.0 Å². The fourth-order valence-electron chi connectivity index (χ4n) is 4.80. The summed E-state index contributed by atoms with van der Waals surface area (Å²) in [7, 11) is 0. The molecule has 7 nitrogen and oxygen atoms in total. The van der Waals surface area contributed by atoms with Crippen molar-refractivity contribution >= 4 is 11.3 Å². The second-order valence-electron chi connectivity index (χ2n) is 8.49. The van der Waals surface area contributed by atoms with Crippen LogP contribution >= 0.6 is 11.3 Å². The highest BCUT2D eigenvalue weighted by Gasteiger charge is 2.47. The van der Waals surface area contributed by atoms with Crippen molar-refractivity contribution in [2.45, 2.75) is 50.7 Å². The van der Waals surface area contributed by atoms with Crippen LogP contribution in [0.15, 0.2) is 31.0 Å². The van der Waals surface area contributed by atoms with Crippen molar-refractivity contribution in [2.24, 2.45) is 0 Å². The number of alkyl halides is 3. The Bertz CT molecular complexity index is 1110. The Morgan fingerprint density at radius 1 is 1.15 bits per heavy atom. The number of aliphatic hydroxyl groups excluding tert-OH is 1. The first-order valence-electron chi connectivity index (χ1n) is 10.8. The fourth-order valence-corrected chi connectivity index (χ4v) is 6.22. The average Bonchev–Trinajstić information content (AvgIpc) is 3.41. The molecule has 1 N–H and O–H groups in total. The molecule has 33 heavy (non-hydrogen) atoms. The molecule has 0 radical (unpaired) electrons. The number of thiophene rings is 1. The van der Waals surface area contributed by atoms with Crippen LogP contribution in [0, 0.1) is 0 Å². The molecule has 0 saturated carbocycles. The van der Waals surface area contributed by atoms with Gasteiger partial charge in [-0.25, -0.2) is 0 Å². The Morgan fingerprint density at radius 2 is 1.97 bits per heavy atom. The van der Waals surface area contributed by atoms with Crippen LogP contribution in [0.3, 0.4) is 0 Å². The number of halogens is 3. The minimum Gasteiger partial charge on any atom is -0.392 e. The van der Waals surface area contributed by atoms with E-state index in [4.69, 9.17) is 4.74 Å². The number of ether oxygens (including phenoxy) is 1. The van der Waals surface area contributed by atoms with Crippen molar-refractivity contribution in [1.29, 1.82) is 0 Å². The molecule has 3 aromatic heterocycles. The summed E-state index contributed by atoms with van der Waals surface area (Å²) in [5.74, 6) is 0. The molecule has 1 spiro atoms. The Morgan fingerprint density at radius 3 is 2.67 bits per heavy atom. The molecule has 0 amide bonds. The summed E-state index contributed by atoms with van der Waals surface area (Å²) in [6.45, 7) is 2.46. The highest BCUT2D eigenvalue weighted by molar-refractivity contribution is 7.12. The number of nitrogens with zero attached hydrogens (tertiary/aromatic N) is 5. The number of aliphatic hydroxyl groups is 1. The van der Waals surface area contributed by atoms with Gasteiger partial charge < -0.3 is 9.84 Å². The van der Waals surface area contributed by atoms with Crippen LogP contribution in [0.1, 0.15) is 45.0 Å². The average molecular weight is 480 g/mol. The normalized spacial score (nSPS) is 18.5. The fraction of sp³-hybridized carbons (Fsp3) is 0.500. The number of hydrogen-bond donors (Lipinski definition) is 1. The standard InChI is InChI=1S/C22H24F3N5O2S/c23-22(24,25)20-18(14-31)17-1-8-32-21(19(17)33-20)2-6-29(7-3-21)11-15-9-28-30(12-15)13-16-10-26-4-5-27-16/h4-5,9-10,12,31H,1-3,6-8,11,13-14H2. The topological polar surface area (TPSA) is 76.3 Å². The summed E-state index contributed by atoms with van der Waals surface area (Å²) in [5.41, 5.74) is 1.87. The van der Waals surface area contributed by atoms with Gasteiger partial charge in [-0.15, -0.1) is 11.3 Å². The molecule has 5 heterocycles. The molecule has 0 bridgehead atoms. The van der Waals surface area contributed by atoms with Crippen LogP contribution < -0.4 is 0 Å². The lowest BCUT2D eigenvalue weighted by molar-refractivity contribution is -0.135. The van der Waals surface area contributed by atoms with Crippen molar-refractivity contribution in [3.8, 4) is 0 Å². The molecule has 3 aromatic rings. The predicted molar refractivity (Wildman–Crippen MR) is 114 cm³/mol. The summed E-state index contributed by atoms with van der Waals surface area (Å²) in [6, 6.07) is 0. The van der Waals surface area contributed by atoms with Gasteiger partial charge in [-0.1, -0.05) is 0 Å². The van der Waals surface area contributed by atoms with Crippen LogP contribution in [-0.4, -0.2) is 49.5 Å². The first-order chi connectivity index (χ1) is 15.9. The maximum Gasteiger partial charge on any atom is 0.425 e. The molecular weight excluding hydrogens is 455 g/mol. The first kappa shape index (κ1) is 22.5. The maximum atomic E-state index is 13.6. The number of hydrogen-bond acceptors (Lipinski definition) is 7. The van der Waals surface area contributed by atoms with Gasteiger partial charge in [-0.05, 0) is 24.8 Å². The summed E-state index contributed by atoms with van der Waals surface area (Å²) in [5, 5.41) is 14.1. The molecular formula is C22H24F3N5O2S. The van der Waals surface area contributed by atoms with E-state index in [0.717, 1.165) is 22.6 Å². The van der Waals surface area contributed by atoms with Crippen LogP contribution in [0.25, 0.3) is 0 Å². The van der Waals surface area contributed by atoms with E-state index in [-0.39, 0.29) is 5.56 Å². The molecule has 0 aromatic carbocycles. The summed E-state index contributed by atoms with van der Waals surface area (Å²) < 4.78 is 48.6. The summed E-state index contributed by atoms with van der Waals surface area (Å²) >= 11 is 0.755. The van der Waals surface area contributed by atoms with E-state index in [1.54, 1.807) is 18.6 Å². The molecule has 0 atom stereocenters. The zero-order valence-corrected chi connectivity index (χ0v) is 18.7. The number of aromatic nitrogens is 4. The smallest absolute Gasteiger partial charge is 0.392 e. The second-order valence-corrected chi connectivity index (χ2v) is 9.51. The number of likely N-dealkylation sites (tertiary alicyclic amines) is 1. The summed E-state index contributed by atoms with van der Waals surface area (Å²) in [6.07, 6.45) is 5.99. The lowest BCUT2D eigenvalue weighted by Crippen LogP contribution is -2.45. The predicted octanol–water partition coefficient (Wildman–Crippen LogP) is 3.36. The lowest BCUT2D eigenvalue weighted by atomic mass is 9.84. The Kier molecular flexibility index (Phi) is 5.98. The number of fused-ring (bicyclic) bond motifs is 2. The van der Waals surface area contributed by atoms with Crippen LogP contribution in [0.4, 0.5) is 13.2 Å². The van der Waals surface area contributed by atoms with Crippen LogP contribution in [-0.2, 0) is 42.6 Å². The molecule has 0 aliphatic carbocycles. The van der Waals surface area contributed by atoms with Crippen molar-refractivity contribution in [1.82, 2.24) is 24.6 Å². The van der Waals surface area contributed by atoms with Gasteiger partial charge in [-0.3, -0.25) is 19.5 Å². The number of piperidine rings is 1. The largest absolute Gasteiger partial charge is 0.425 e. The lowest BCUT2D eigenvalue weighted by Gasteiger charge is -2.43. The zero-order valence-electron chi connectivity index (χ0n) is 17.9. The quantitative estimate of drug-likeness (QED) is 0.605. The van der Waals surface area contributed by atoms with Gasteiger partial charge in [-0.2, -0.15) is 18.3 Å². The maximum absolute atomic E-state index is 13.6. The van der Waals surface area contributed by atoms with Gasteiger partial charge in [0.15, 0.2) is 0 Å². The SMILES string of the molecule is OCc1c(C(F)(F)F)sc2c1CCOC21CCN(Cc2cnn(Cc3cnccn3)c2)CC1. The Balaban J connectivity index is 1.27. The van der Waals surface area contributed by atoms with E-state index >= 15 is 0 Å². The van der Waals surface area contributed by atoms with Gasteiger partial charge in [0.2, 0.25) is 0 Å². The van der Waals surface area contributed by atoms with Gasteiger partial charge >= 0.3 is 6.18 Å². The van der Waals surface area contributed by atoms with Crippen molar-refractivity contribution in [3.63, 3.8) is 0 Å². The summed E-state index contributed by atoms with van der Waals surface area (Å²) in [4.78, 5) is 10.6. The molecule has 1 fully saturated rings. The van der Waals surface area contributed by atoms with E-state index in [1.807, 2.05) is 17.1 Å². The van der Waals surface area contributed by atoms with E-state index in [0.29, 0.717) is 62.5 Å². The van der Waals surface area contributed by atoms with Gasteiger partial charge in [0, 0.05) is 54.2 Å². The highest BCUT2D eigenvalue weighted by Crippen LogP contribution is 2.50.